The van der Waals surface area contributed by atoms with Gasteiger partial charge < -0.3 is 15.4 Å². The fraction of sp³-hybridized carbons (Fsp3) is 0.667. The second-order valence-corrected chi connectivity index (χ2v) is 7.13. The number of carbonyl (C=O) groups is 1. The van der Waals surface area contributed by atoms with E-state index in [1.165, 1.54) is 4.88 Å². The minimum atomic E-state index is -0.403. The minimum absolute atomic E-state index is 0.0376. The quantitative estimate of drug-likeness (QED) is 0.841. The Bertz CT molecular complexity index is 437. The smallest absolute Gasteiger partial charge is 0.229 e. The normalized spacial score (nSPS) is 22.9. The summed E-state index contributed by atoms with van der Waals surface area (Å²) in [5, 5.41) is 8.47. The summed E-state index contributed by atoms with van der Waals surface area (Å²) in [6.45, 7) is 7.03. The lowest BCUT2D eigenvalue weighted by molar-refractivity contribution is -0.133. The summed E-state index contributed by atoms with van der Waals surface area (Å²) in [7, 11) is 1.66. The van der Waals surface area contributed by atoms with Crippen molar-refractivity contribution in [3.63, 3.8) is 0 Å². The van der Waals surface area contributed by atoms with Crippen LogP contribution in [0.5, 0.6) is 0 Å². The molecule has 4 nitrogen and oxygen atoms in total. The summed E-state index contributed by atoms with van der Waals surface area (Å²) in [6.07, 6.45) is 0.839. The molecular formula is C15H24N2O2S. The third kappa shape index (κ3) is 3.22. The number of carbonyl (C=O) groups excluding carboxylic acids is 1. The molecule has 2 rings (SSSR count). The fourth-order valence-corrected chi connectivity index (χ4v) is 3.49. The van der Waals surface area contributed by atoms with E-state index in [-0.39, 0.29) is 11.3 Å². The Balaban J connectivity index is 1.97. The van der Waals surface area contributed by atoms with Crippen LogP contribution in [0.3, 0.4) is 0 Å². The number of hydrogen-bond donors (Lipinski definition) is 2. The van der Waals surface area contributed by atoms with Gasteiger partial charge in [0.1, 0.15) is 0 Å². The third-order valence-electron chi connectivity index (χ3n) is 4.03. The van der Waals surface area contributed by atoms with Crippen molar-refractivity contribution in [2.45, 2.75) is 25.7 Å². The van der Waals surface area contributed by atoms with Crippen LogP contribution in [0.1, 0.15) is 25.1 Å². The van der Waals surface area contributed by atoms with Crippen molar-refractivity contribution in [3.05, 3.63) is 22.4 Å². The number of thiophene rings is 1. The van der Waals surface area contributed by atoms with Crippen LogP contribution < -0.4 is 10.6 Å². The molecule has 2 heterocycles. The van der Waals surface area contributed by atoms with Crippen LogP contribution in [0.15, 0.2) is 17.5 Å². The molecule has 0 spiro atoms. The first-order valence-corrected chi connectivity index (χ1v) is 7.90. The molecular weight excluding hydrogens is 272 g/mol. The monoisotopic (exact) mass is 296 g/mol. The predicted octanol–water partition coefficient (Wildman–Crippen LogP) is 1.77. The first-order chi connectivity index (χ1) is 9.50. The van der Waals surface area contributed by atoms with E-state index in [0.717, 1.165) is 13.0 Å². The highest BCUT2D eigenvalue weighted by atomic mass is 32.1. The van der Waals surface area contributed by atoms with E-state index in [2.05, 4.69) is 42.0 Å². The molecule has 1 aromatic heterocycles. The van der Waals surface area contributed by atoms with Crippen molar-refractivity contribution in [2.24, 2.45) is 5.41 Å². The van der Waals surface area contributed by atoms with E-state index in [9.17, 15) is 4.79 Å². The number of amides is 1. The van der Waals surface area contributed by atoms with Gasteiger partial charge in [-0.15, -0.1) is 11.3 Å². The minimum Gasteiger partial charge on any atom is -0.384 e. The van der Waals surface area contributed by atoms with Crippen LogP contribution in [-0.2, 0) is 14.9 Å². The molecule has 1 aliphatic rings. The molecule has 0 aliphatic carbocycles. The zero-order valence-electron chi connectivity index (χ0n) is 12.5. The second-order valence-electron chi connectivity index (χ2n) is 6.18. The fourth-order valence-electron chi connectivity index (χ4n) is 2.64. The number of rotatable bonds is 6. The molecule has 5 heteroatoms. The molecule has 20 heavy (non-hydrogen) atoms. The van der Waals surface area contributed by atoms with Gasteiger partial charge in [-0.1, -0.05) is 19.9 Å². The first kappa shape index (κ1) is 15.5. The van der Waals surface area contributed by atoms with Crippen LogP contribution >= 0.6 is 11.3 Å². The lowest BCUT2D eigenvalue weighted by Gasteiger charge is -2.29. The van der Waals surface area contributed by atoms with Crippen molar-refractivity contribution in [3.8, 4) is 0 Å². The molecule has 1 unspecified atom stereocenters. The van der Waals surface area contributed by atoms with Gasteiger partial charge in [0.15, 0.2) is 0 Å². The zero-order valence-corrected chi connectivity index (χ0v) is 13.3. The summed E-state index contributed by atoms with van der Waals surface area (Å²) in [6, 6.07) is 4.18. The highest BCUT2D eigenvalue weighted by Crippen LogP contribution is 2.29. The van der Waals surface area contributed by atoms with Crippen molar-refractivity contribution in [2.75, 3.05) is 33.4 Å². The standard InChI is InChI=1S/C15H24N2O2S/c1-14(2,12-5-4-8-20-12)9-17-13(18)15(11-19-3)6-7-16-10-15/h4-5,8,16H,6-7,9-11H2,1-3H3,(H,17,18). The van der Waals surface area contributed by atoms with E-state index in [4.69, 9.17) is 4.74 Å². The second kappa shape index (κ2) is 6.24. The predicted molar refractivity (Wildman–Crippen MR) is 82.2 cm³/mol. The van der Waals surface area contributed by atoms with Gasteiger partial charge >= 0.3 is 0 Å². The Morgan fingerprint density at radius 1 is 1.60 bits per heavy atom. The van der Waals surface area contributed by atoms with Gasteiger partial charge in [0.05, 0.1) is 12.0 Å². The zero-order chi connectivity index (χ0) is 14.6. The molecule has 0 aromatic carbocycles. The van der Waals surface area contributed by atoms with Crippen molar-refractivity contribution < 1.29 is 9.53 Å². The average Bonchev–Trinajstić information content (AvgIpc) is 3.08. The summed E-state index contributed by atoms with van der Waals surface area (Å²) >= 11 is 1.73. The molecule has 2 N–H and O–H groups in total. The molecule has 1 fully saturated rings. The Morgan fingerprint density at radius 3 is 2.95 bits per heavy atom. The van der Waals surface area contributed by atoms with Crippen LogP contribution in [0.4, 0.5) is 0 Å². The molecule has 1 amide bonds. The van der Waals surface area contributed by atoms with Gasteiger partial charge in [-0.3, -0.25) is 4.79 Å². The van der Waals surface area contributed by atoms with Crippen molar-refractivity contribution >= 4 is 17.2 Å². The molecule has 0 radical (unpaired) electrons. The maximum atomic E-state index is 12.5. The number of methoxy groups -OCH3 is 1. The van der Waals surface area contributed by atoms with Gasteiger partial charge in [0.25, 0.3) is 0 Å². The molecule has 0 bridgehead atoms. The summed E-state index contributed by atoms with van der Waals surface area (Å²) in [5.41, 5.74) is -0.440. The van der Waals surface area contributed by atoms with E-state index in [0.29, 0.717) is 19.7 Å². The van der Waals surface area contributed by atoms with Crippen LogP contribution in [0.25, 0.3) is 0 Å². The van der Waals surface area contributed by atoms with Crippen LogP contribution in [0, 0.1) is 5.41 Å². The Kier molecular flexibility index (Phi) is 4.83. The Labute approximate surface area is 124 Å². The van der Waals surface area contributed by atoms with E-state index in [1.807, 2.05) is 0 Å². The molecule has 1 aliphatic heterocycles. The summed E-state index contributed by atoms with van der Waals surface area (Å²) in [4.78, 5) is 13.8. The van der Waals surface area contributed by atoms with E-state index in [1.54, 1.807) is 18.4 Å². The first-order valence-electron chi connectivity index (χ1n) is 7.02. The molecule has 1 saturated heterocycles. The van der Waals surface area contributed by atoms with Gasteiger partial charge in [-0.25, -0.2) is 0 Å². The highest BCUT2D eigenvalue weighted by Gasteiger charge is 2.41. The lowest BCUT2D eigenvalue weighted by Crippen LogP contribution is -2.48. The number of hydrogen-bond acceptors (Lipinski definition) is 4. The summed E-state index contributed by atoms with van der Waals surface area (Å²) in [5.74, 6) is 0.106. The topological polar surface area (TPSA) is 50.4 Å². The molecule has 1 atom stereocenters. The van der Waals surface area contributed by atoms with Crippen molar-refractivity contribution in [1.82, 2.24) is 10.6 Å². The maximum Gasteiger partial charge on any atom is 0.229 e. The van der Waals surface area contributed by atoms with Gasteiger partial charge in [-0.2, -0.15) is 0 Å². The van der Waals surface area contributed by atoms with Crippen molar-refractivity contribution in [1.29, 1.82) is 0 Å². The Hall–Kier alpha value is -0.910. The number of ether oxygens (including phenoxy) is 1. The van der Waals surface area contributed by atoms with Gasteiger partial charge in [0.2, 0.25) is 5.91 Å². The van der Waals surface area contributed by atoms with Gasteiger partial charge in [0, 0.05) is 30.5 Å². The third-order valence-corrected chi connectivity index (χ3v) is 5.26. The lowest BCUT2D eigenvalue weighted by atomic mass is 9.85. The number of nitrogens with one attached hydrogen (secondary N) is 2. The van der Waals surface area contributed by atoms with E-state index < -0.39 is 5.41 Å². The Morgan fingerprint density at radius 2 is 2.40 bits per heavy atom. The highest BCUT2D eigenvalue weighted by molar-refractivity contribution is 7.10. The average molecular weight is 296 g/mol. The molecule has 1 aromatic rings. The molecule has 0 saturated carbocycles. The van der Waals surface area contributed by atoms with E-state index >= 15 is 0 Å². The SMILES string of the molecule is COCC1(C(=O)NCC(C)(C)c2cccs2)CCNC1. The van der Waals surface area contributed by atoms with Gasteiger partial charge in [-0.05, 0) is 24.4 Å². The largest absolute Gasteiger partial charge is 0.384 e. The van der Waals surface area contributed by atoms with Crippen LogP contribution in [0.2, 0.25) is 0 Å². The molecule has 112 valence electrons. The maximum absolute atomic E-state index is 12.5. The summed E-state index contributed by atoms with van der Waals surface area (Å²) < 4.78 is 5.26. The van der Waals surface area contributed by atoms with Crippen LogP contribution in [-0.4, -0.2) is 39.3 Å².